The molecule has 1 atom stereocenters. The number of benzene rings is 1. The molecule has 0 spiro atoms. The van der Waals surface area contributed by atoms with Crippen molar-refractivity contribution < 1.29 is 4.42 Å². The minimum atomic E-state index is 0.473. The Morgan fingerprint density at radius 3 is 2.88 bits per heavy atom. The van der Waals surface area contributed by atoms with E-state index in [-0.39, 0.29) is 0 Å². The topological polar surface area (TPSA) is 47.1 Å². The molecule has 1 fully saturated rings. The molecule has 1 aromatic carbocycles. The van der Waals surface area contributed by atoms with Gasteiger partial charge in [0.15, 0.2) is 5.89 Å². The van der Waals surface area contributed by atoms with Crippen LogP contribution in [0.4, 0.5) is 0 Å². The molecule has 2 aromatic heterocycles. The largest absolute Gasteiger partial charge is 0.449 e. The SMILES string of the molecule is Cc1nc(CN2CCC[C@@H](c3nccn3Cc3ccccc3)C2)co1. The average Bonchev–Trinajstić information content (AvgIpc) is 3.25. The van der Waals surface area contributed by atoms with Gasteiger partial charge in [-0.3, -0.25) is 4.90 Å². The van der Waals surface area contributed by atoms with E-state index in [1.807, 2.05) is 13.1 Å². The number of imidazole rings is 1. The van der Waals surface area contributed by atoms with Gasteiger partial charge in [0.1, 0.15) is 12.1 Å². The minimum Gasteiger partial charge on any atom is -0.449 e. The first-order chi connectivity index (χ1) is 12.3. The quantitative estimate of drug-likeness (QED) is 0.714. The minimum absolute atomic E-state index is 0.473. The van der Waals surface area contributed by atoms with Crippen molar-refractivity contribution in [3.05, 3.63) is 72.0 Å². The van der Waals surface area contributed by atoms with E-state index in [1.54, 1.807) is 6.26 Å². The van der Waals surface area contributed by atoms with Gasteiger partial charge in [-0.2, -0.15) is 0 Å². The number of likely N-dealkylation sites (tertiary alicyclic amines) is 1. The Kier molecular flexibility index (Phi) is 4.65. The van der Waals surface area contributed by atoms with Gasteiger partial charge in [-0.15, -0.1) is 0 Å². The van der Waals surface area contributed by atoms with Crippen LogP contribution >= 0.6 is 0 Å². The summed E-state index contributed by atoms with van der Waals surface area (Å²) in [6, 6.07) is 10.6. The Morgan fingerprint density at radius 1 is 1.20 bits per heavy atom. The lowest BCUT2D eigenvalue weighted by Crippen LogP contribution is -2.35. The predicted molar refractivity (Wildman–Crippen MR) is 96.3 cm³/mol. The summed E-state index contributed by atoms with van der Waals surface area (Å²) >= 11 is 0. The fourth-order valence-electron chi connectivity index (χ4n) is 3.71. The van der Waals surface area contributed by atoms with Gasteiger partial charge in [0.25, 0.3) is 0 Å². The van der Waals surface area contributed by atoms with Crippen LogP contribution in [-0.4, -0.2) is 32.5 Å². The van der Waals surface area contributed by atoms with Crippen LogP contribution in [0.5, 0.6) is 0 Å². The maximum absolute atomic E-state index is 5.34. The Labute approximate surface area is 148 Å². The van der Waals surface area contributed by atoms with Crippen molar-refractivity contribution in [3.63, 3.8) is 0 Å². The molecule has 1 saturated heterocycles. The van der Waals surface area contributed by atoms with Gasteiger partial charge in [0, 0.05) is 44.9 Å². The highest BCUT2D eigenvalue weighted by Gasteiger charge is 2.25. The van der Waals surface area contributed by atoms with Crippen LogP contribution in [-0.2, 0) is 13.1 Å². The predicted octanol–water partition coefficient (Wildman–Crippen LogP) is 3.61. The molecule has 0 N–H and O–H groups in total. The molecule has 25 heavy (non-hydrogen) atoms. The Morgan fingerprint density at radius 2 is 2.08 bits per heavy atom. The Hall–Kier alpha value is -2.40. The van der Waals surface area contributed by atoms with Crippen LogP contribution in [0.3, 0.4) is 0 Å². The van der Waals surface area contributed by atoms with Crippen LogP contribution in [0, 0.1) is 6.92 Å². The summed E-state index contributed by atoms with van der Waals surface area (Å²) in [6.07, 6.45) is 8.19. The lowest BCUT2D eigenvalue weighted by atomic mass is 9.97. The van der Waals surface area contributed by atoms with Gasteiger partial charge >= 0.3 is 0 Å². The number of hydrogen-bond acceptors (Lipinski definition) is 4. The van der Waals surface area contributed by atoms with Crippen molar-refractivity contribution >= 4 is 0 Å². The zero-order chi connectivity index (χ0) is 17.1. The fourth-order valence-corrected chi connectivity index (χ4v) is 3.71. The molecule has 0 saturated carbocycles. The molecule has 4 rings (SSSR count). The van der Waals surface area contributed by atoms with Crippen molar-refractivity contribution in [3.8, 4) is 0 Å². The molecule has 1 aliphatic heterocycles. The highest BCUT2D eigenvalue weighted by Crippen LogP contribution is 2.27. The Balaban J connectivity index is 1.45. The second kappa shape index (κ2) is 7.23. The third-order valence-corrected chi connectivity index (χ3v) is 4.87. The van der Waals surface area contributed by atoms with E-state index < -0.39 is 0 Å². The number of rotatable bonds is 5. The van der Waals surface area contributed by atoms with Crippen molar-refractivity contribution in [2.75, 3.05) is 13.1 Å². The molecular formula is C20H24N4O. The molecule has 130 valence electrons. The third-order valence-electron chi connectivity index (χ3n) is 4.87. The first-order valence-corrected chi connectivity index (χ1v) is 8.96. The average molecular weight is 336 g/mol. The first-order valence-electron chi connectivity index (χ1n) is 8.96. The zero-order valence-corrected chi connectivity index (χ0v) is 14.6. The summed E-state index contributed by atoms with van der Waals surface area (Å²) in [5, 5.41) is 0. The van der Waals surface area contributed by atoms with Crippen LogP contribution < -0.4 is 0 Å². The summed E-state index contributed by atoms with van der Waals surface area (Å²) in [5.74, 6) is 2.41. The van der Waals surface area contributed by atoms with Crippen LogP contribution in [0.15, 0.2) is 53.4 Å². The molecular weight excluding hydrogens is 312 g/mol. The van der Waals surface area contributed by atoms with E-state index in [0.29, 0.717) is 5.92 Å². The number of nitrogens with zero attached hydrogens (tertiary/aromatic N) is 4. The van der Waals surface area contributed by atoms with Gasteiger partial charge in [0.05, 0.1) is 5.69 Å². The molecule has 0 amide bonds. The number of piperidine rings is 1. The standard InChI is InChI=1S/C20H24N4O/c1-16-22-19(15-25-16)14-23-10-5-8-18(13-23)20-21-9-11-24(20)12-17-6-3-2-4-7-17/h2-4,6-7,9,11,15,18H,5,8,10,12-14H2,1H3/t18-/m1/s1. The summed E-state index contributed by atoms with van der Waals surface area (Å²) in [7, 11) is 0. The summed E-state index contributed by atoms with van der Waals surface area (Å²) in [6.45, 7) is 5.77. The van der Waals surface area contributed by atoms with E-state index in [9.17, 15) is 0 Å². The normalized spacial score (nSPS) is 18.5. The van der Waals surface area contributed by atoms with Crippen LogP contribution in [0.2, 0.25) is 0 Å². The van der Waals surface area contributed by atoms with Crippen molar-refractivity contribution in [1.29, 1.82) is 0 Å². The molecule has 5 heteroatoms. The van der Waals surface area contributed by atoms with Crippen LogP contribution in [0.25, 0.3) is 0 Å². The maximum atomic E-state index is 5.34. The van der Waals surface area contributed by atoms with Crippen molar-refractivity contribution in [2.45, 2.75) is 38.8 Å². The van der Waals surface area contributed by atoms with Gasteiger partial charge in [-0.05, 0) is 24.9 Å². The van der Waals surface area contributed by atoms with Crippen molar-refractivity contribution in [2.24, 2.45) is 0 Å². The van der Waals surface area contributed by atoms with E-state index in [4.69, 9.17) is 4.42 Å². The number of oxazole rings is 1. The monoisotopic (exact) mass is 336 g/mol. The van der Waals surface area contributed by atoms with E-state index in [1.165, 1.54) is 24.2 Å². The van der Waals surface area contributed by atoms with Gasteiger partial charge in [0.2, 0.25) is 0 Å². The summed E-state index contributed by atoms with van der Waals surface area (Å²) in [4.78, 5) is 11.6. The van der Waals surface area contributed by atoms with Gasteiger partial charge in [-0.25, -0.2) is 9.97 Å². The molecule has 0 aliphatic carbocycles. The molecule has 0 radical (unpaired) electrons. The lowest BCUT2D eigenvalue weighted by Gasteiger charge is -2.32. The Bertz CT molecular complexity index is 808. The third kappa shape index (κ3) is 3.82. The highest BCUT2D eigenvalue weighted by atomic mass is 16.3. The fraction of sp³-hybridized carbons (Fsp3) is 0.400. The second-order valence-electron chi connectivity index (χ2n) is 6.83. The van der Waals surface area contributed by atoms with Crippen molar-refractivity contribution in [1.82, 2.24) is 19.4 Å². The maximum Gasteiger partial charge on any atom is 0.191 e. The highest BCUT2D eigenvalue weighted by molar-refractivity contribution is 5.16. The first kappa shape index (κ1) is 16.1. The molecule has 0 bridgehead atoms. The summed E-state index contributed by atoms with van der Waals surface area (Å²) in [5.41, 5.74) is 2.33. The molecule has 1 aliphatic rings. The van der Waals surface area contributed by atoms with E-state index in [2.05, 4.69) is 56.0 Å². The smallest absolute Gasteiger partial charge is 0.191 e. The van der Waals surface area contributed by atoms with Gasteiger partial charge in [-0.1, -0.05) is 30.3 Å². The zero-order valence-electron chi connectivity index (χ0n) is 14.6. The van der Waals surface area contributed by atoms with Gasteiger partial charge < -0.3 is 8.98 Å². The van der Waals surface area contributed by atoms with Crippen LogP contribution in [0.1, 0.15) is 41.7 Å². The van der Waals surface area contributed by atoms with E-state index >= 15 is 0 Å². The lowest BCUT2D eigenvalue weighted by molar-refractivity contribution is 0.193. The molecule has 0 unspecified atom stereocenters. The number of aromatic nitrogens is 3. The second-order valence-corrected chi connectivity index (χ2v) is 6.83. The number of hydrogen-bond donors (Lipinski definition) is 0. The molecule has 3 aromatic rings. The summed E-state index contributed by atoms with van der Waals surface area (Å²) < 4.78 is 7.63. The van der Waals surface area contributed by atoms with E-state index in [0.717, 1.165) is 37.8 Å². The molecule has 5 nitrogen and oxygen atoms in total. The number of aryl methyl sites for hydroxylation is 1. The molecule has 3 heterocycles.